The second-order valence-electron chi connectivity index (χ2n) is 7.19. The number of hydrogen-bond acceptors (Lipinski definition) is 5. The fraction of sp³-hybridized carbons (Fsp3) is 0.318. The van der Waals surface area contributed by atoms with Crippen molar-refractivity contribution in [1.29, 1.82) is 0 Å². The van der Waals surface area contributed by atoms with Gasteiger partial charge in [-0.3, -0.25) is 9.48 Å². The predicted octanol–water partition coefficient (Wildman–Crippen LogP) is 3.83. The molecular weight excluding hydrogens is 400 g/mol. The monoisotopic (exact) mass is 424 g/mol. The number of esters is 1. The van der Waals surface area contributed by atoms with E-state index in [4.69, 9.17) is 9.84 Å². The van der Waals surface area contributed by atoms with Crippen LogP contribution >= 0.6 is 11.3 Å². The number of carbonyl (C=O) groups excluding carboxylic acids is 2. The molecule has 1 atom stereocenters. The van der Waals surface area contributed by atoms with Crippen LogP contribution in [0, 0.1) is 0 Å². The number of nitrogens with zero attached hydrogens (tertiary/aromatic N) is 3. The van der Waals surface area contributed by atoms with Crippen LogP contribution in [-0.2, 0) is 22.6 Å². The van der Waals surface area contributed by atoms with Crippen molar-refractivity contribution >= 4 is 23.3 Å². The SMILES string of the molecule is COC(=O)C[C@@H](NC(=O)N1CCCn2nc(-c3cccs3)cc2C1)c1ccccc1. The van der Waals surface area contributed by atoms with E-state index >= 15 is 0 Å². The highest BCUT2D eigenvalue weighted by Crippen LogP contribution is 2.26. The quantitative estimate of drug-likeness (QED) is 0.632. The van der Waals surface area contributed by atoms with Crippen molar-refractivity contribution in [3.8, 4) is 10.6 Å². The summed E-state index contributed by atoms with van der Waals surface area (Å²) in [5.74, 6) is -0.362. The van der Waals surface area contributed by atoms with Crippen LogP contribution in [0.5, 0.6) is 0 Å². The Kier molecular flexibility index (Phi) is 6.13. The van der Waals surface area contributed by atoms with Gasteiger partial charge < -0.3 is 15.0 Å². The number of thiophene rings is 1. The summed E-state index contributed by atoms with van der Waals surface area (Å²) in [6.45, 7) is 1.88. The summed E-state index contributed by atoms with van der Waals surface area (Å²) in [7, 11) is 1.35. The number of aryl methyl sites for hydroxylation is 1. The third-order valence-corrected chi connectivity index (χ3v) is 6.07. The molecule has 1 aliphatic heterocycles. The summed E-state index contributed by atoms with van der Waals surface area (Å²) in [4.78, 5) is 27.9. The van der Waals surface area contributed by atoms with Crippen LogP contribution < -0.4 is 5.32 Å². The van der Waals surface area contributed by atoms with Gasteiger partial charge in [-0.25, -0.2) is 4.79 Å². The molecule has 0 spiro atoms. The molecule has 0 saturated carbocycles. The highest BCUT2D eigenvalue weighted by atomic mass is 32.1. The van der Waals surface area contributed by atoms with Crippen molar-refractivity contribution in [1.82, 2.24) is 20.0 Å². The largest absolute Gasteiger partial charge is 0.469 e. The summed E-state index contributed by atoms with van der Waals surface area (Å²) in [6, 6.07) is 15.0. The first-order valence-electron chi connectivity index (χ1n) is 9.92. The van der Waals surface area contributed by atoms with E-state index in [2.05, 4.69) is 17.4 Å². The number of hydrogen-bond donors (Lipinski definition) is 1. The topological polar surface area (TPSA) is 76.5 Å². The van der Waals surface area contributed by atoms with Gasteiger partial charge in [0.1, 0.15) is 5.69 Å². The van der Waals surface area contributed by atoms with Gasteiger partial charge in [-0.1, -0.05) is 36.4 Å². The fourth-order valence-corrected chi connectivity index (χ4v) is 4.29. The van der Waals surface area contributed by atoms with Gasteiger partial charge in [-0.2, -0.15) is 5.10 Å². The van der Waals surface area contributed by atoms with Crippen LogP contribution in [-0.4, -0.2) is 40.3 Å². The fourth-order valence-electron chi connectivity index (χ4n) is 3.61. The smallest absolute Gasteiger partial charge is 0.318 e. The normalized spacial score (nSPS) is 14.5. The van der Waals surface area contributed by atoms with E-state index in [1.54, 1.807) is 16.2 Å². The molecule has 3 heterocycles. The summed E-state index contributed by atoms with van der Waals surface area (Å²) in [5.41, 5.74) is 2.82. The Morgan fingerprint density at radius 3 is 2.77 bits per heavy atom. The molecule has 8 heteroatoms. The van der Waals surface area contributed by atoms with Crippen LogP contribution in [0.4, 0.5) is 4.79 Å². The van der Waals surface area contributed by atoms with E-state index in [9.17, 15) is 9.59 Å². The molecule has 2 aromatic heterocycles. The Morgan fingerprint density at radius 1 is 1.20 bits per heavy atom. The number of benzene rings is 1. The Balaban J connectivity index is 1.50. The second kappa shape index (κ2) is 9.13. The Morgan fingerprint density at radius 2 is 2.03 bits per heavy atom. The van der Waals surface area contributed by atoms with Crippen molar-refractivity contribution in [3.05, 3.63) is 65.2 Å². The maximum atomic E-state index is 13.1. The zero-order valence-corrected chi connectivity index (χ0v) is 17.6. The molecule has 0 unspecified atom stereocenters. The number of carbonyl (C=O) groups is 2. The van der Waals surface area contributed by atoms with E-state index in [1.165, 1.54) is 7.11 Å². The molecule has 1 N–H and O–H groups in total. The standard InChI is InChI=1S/C22H24N4O3S/c1-29-21(27)14-18(16-7-3-2-4-8-16)23-22(28)25-10-6-11-26-17(15-25)13-19(24-26)20-9-5-12-30-20/h2-5,7-9,12-13,18H,6,10-11,14-15H2,1H3,(H,23,28)/t18-/m1/s1. The first kappa shape index (κ1) is 20.2. The van der Waals surface area contributed by atoms with Gasteiger partial charge in [0.15, 0.2) is 0 Å². The molecule has 0 saturated heterocycles. The summed E-state index contributed by atoms with van der Waals surface area (Å²) in [5, 5.41) is 9.77. The average Bonchev–Trinajstić information content (AvgIpc) is 3.39. The first-order chi connectivity index (χ1) is 14.6. The van der Waals surface area contributed by atoms with Crippen LogP contribution in [0.1, 0.15) is 30.1 Å². The molecule has 7 nitrogen and oxygen atoms in total. The highest BCUT2D eigenvalue weighted by molar-refractivity contribution is 7.13. The highest BCUT2D eigenvalue weighted by Gasteiger charge is 2.25. The lowest BCUT2D eigenvalue weighted by Crippen LogP contribution is -2.42. The molecule has 0 aliphatic carbocycles. The Hall–Kier alpha value is -3.13. The van der Waals surface area contributed by atoms with Gasteiger partial charge in [0.25, 0.3) is 0 Å². The zero-order valence-electron chi connectivity index (χ0n) is 16.8. The lowest BCUT2D eigenvalue weighted by atomic mass is 10.0. The third-order valence-electron chi connectivity index (χ3n) is 5.17. The van der Waals surface area contributed by atoms with E-state index in [0.29, 0.717) is 13.1 Å². The summed E-state index contributed by atoms with van der Waals surface area (Å²) in [6.07, 6.45) is 0.902. The molecule has 0 radical (unpaired) electrons. The number of methoxy groups -OCH3 is 1. The van der Waals surface area contributed by atoms with Crippen molar-refractivity contribution in [2.45, 2.75) is 32.0 Å². The molecule has 156 valence electrons. The number of aromatic nitrogens is 2. The van der Waals surface area contributed by atoms with Crippen LogP contribution in [0.25, 0.3) is 10.6 Å². The van der Waals surface area contributed by atoms with Crippen LogP contribution in [0.3, 0.4) is 0 Å². The van der Waals surface area contributed by atoms with Crippen molar-refractivity contribution in [2.75, 3.05) is 13.7 Å². The predicted molar refractivity (Wildman–Crippen MR) is 115 cm³/mol. The molecule has 1 aliphatic rings. The number of urea groups is 1. The van der Waals surface area contributed by atoms with Crippen molar-refractivity contribution in [3.63, 3.8) is 0 Å². The van der Waals surface area contributed by atoms with E-state index in [-0.39, 0.29) is 18.4 Å². The average molecular weight is 425 g/mol. The van der Waals surface area contributed by atoms with Gasteiger partial charge in [-0.05, 0) is 29.5 Å². The molecule has 0 bridgehead atoms. The van der Waals surface area contributed by atoms with Gasteiger partial charge in [-0.15, -0.1) is 11.3 Å². The minimum Gasteiger partial charge on any atom is -0.469 e. The van der Waals surface area contributed by atoms with E-state index in [0.717, 1.165) is 34.8 Å². The van der Waals surface area contributed by atoms with Gasteiger partial charge >= 0.3 is 12.0 Å². The number of amides is 2. The Labute approximate surface area is 179 Å². The lowest BCUT2D eigenvalue weighted by Gasteiger charge is -2.25. The maximum Gasteiger partial charge on any atom is 0.318 e. The van der Waals surface area contributed by atoms with Crippen LogP contribution in [0.15, 0.2) is 53.9 Å². The Bertz CT molecular complexity index is 1000. The number of ether oxygens (including phenoxy) is 1. The summed E-state index contributed by atoms with van der Waals surface area (Å²) < 4.78 is 6.81. The number of rotatable bonds is 5. The lowest BCUT2D eigenvalue weighted by molar-refractivity contribution is -0.141. The van der Waals surface area contributed by atoms with Crippen molar-refractivity contribution in [2.24, 2.45) is 0 Å². The van der Waals surface area contributed by atoms with E-state index in [1.807, 2.05) is 46.5 Å². The number of fused-ring (bicyclic) bond motifs is 1. The molecule has 30 heavy (non-hydrogen) atoms. The second-order valence-corrected chi connectivity index (χ2v) is 8.14. The minimum absolute atomic E-state index is 0.0839. The molecule has 0 fully saturated rings. The van der Waals surface area contributed by atoms with Crippen LogP contribution in [0.2, 0.25) is 0 Å². The maximum absolute atomic E-state index is 13.1. The van der Waals surface area contributed by atoms with Gasteiger partial charge in [0, 0.05) is 13.1 Å². The minimum atomic E-state index is -0.444. The summed E-state index contributed by atoms with van der Waals surface area (Å²) >= 11 is 1.65. The zero-order chi connectivity index (χ0) is 20.9. The first-order valence-corrected chi connectivity index (χ1v) is 10.8. The van der Waals surface area contributed by atoms with E-state index < -0.39 is 6.04 Å². The molecule has 3 aromatic rings. The molecule has 1 aromatic carbocycles. The molecular formula is C22H24N4O3S. The van der Waals surface area contributed by atoms with Crippen molar-refractivity contribution < 1.29 is 14.3 Å². The van der Waals surface area contributed by atoms with Gasteiger partial charge in [0.05, 0.1) is 36.7 Å². The molecule has 4 rings (SSSR count). The number of nitrogens with one attached hydrogen (secondary N) is 1. The molecule has 2 amide bonds. The third kappa shape index (κ3) is 4.54. The van der Waals surface area contributed by atoms with Gasteiger partial charge in [0.2, 0.25) is 0 Å².